The SMILES string of the molecule is CCNCc1nc(NC(C)(C)C)ccc1Cl. The number of anilines is 1. The minimum atomic E-state index is 0.0102. The predicted molar refractivity (Wildman–Crippen MR) is 70.0 cm³/mol. The molecular formula is C12H20ClN3. The number of rotatable bonds is 4. The summed E-state index contributed by atoms with van der Waals surface area (Å²) in [6, 6.07) is 3.79. The average molecular weight is 242 g/mol. The van der Waals surface area contributed by atoms with Crippen LogP contribution in [0.25, 0.3) is 0 Å². The molecule has 0 fully saturated rings. The second-order valence-electron chi connectivity index (χ2n) is 4.78. The minimum Gasteiger partial charge on any atom is -0.365 e. The van der Waals surface area contributed by atoms with Gasteiger partial charge in [0.1, 0.15) is 5.82 Å². The van der Waals surface area contributed by atoms with Gasteiger partial charge in [-0.25, -0.2) is 4.98 Å². The largest absolute Gasteiger partial charge is 0.365 e. The van der Waals surface area contributed by atoms with Crippen molar-refractivity contribution in [1.82, 2.24) is 10.3 Å². The standard InChI is InChI=1S/C12H20ClN3/c1-5-14-8-10-9(13)6-7-11(15-10)16-12(2,3)4/h6-7,14H,5,8H2,1-4H3,(H,15,16). The monoisotopic (exact) mass is 241 g/mol. The van der Waals surface area contributed by atoms with Crippen molar-refractivity contribution >= 4 is 17.4 Å². The van der Waals surface area contributed by atoms with Crippen LogP contribution < -0.4 is 10.6 Å². The van der Waals surface area contributed by atoms with E-state index >= 15 is 0 Å². The summed E-state index contributed by atoms with van der Waals surface area (Å²) in [5.41, 5.74) is 0.897. The summed E-state index contributed by atoms with van der Waals surface area (Å²) in [5.74, 6) is 0.866. The molecule has 1 aromatic heterocycles. The van der Waals surface area contributed by atoms with Crippen LogP contribution >= 0.6 is 11.6 Å². The maximum atomic E-state index is 6.07. The Bertz CT molecular complexity index is 345. The molecule has 3 nitrogen and oxygen atoms in total. The third kappa shape index (κ3) is 4.37. The van der Waals surface area contributed by atoms with E-state index in [0.29, 0.717) is 11.6 Å². The van der Waals surface area contributed by atoms with Crippen LogP contribution in [0.3, 0.4) is 0 Å². The lowest BCUT2D eigenvalue weighted by atomic mass is 10.1. The molecule has 4 heteroatoms. The van der Waals surface area contributed by atoms with Gasteiger partial charge in [0.2, 0.25) is 0 Å². The number of nitrogens with zero attached hydrogens (tertiary/aromatic N) is 1. The van der Waals surface area contributed by atoms with Crippen LogP contribution in [0, 0.1) is 0 Å². The highest BCUT2D eigenvalue weighted by Gasteiger charge is 2.11. The first-order chi connectivity index (χ1) is 7.42. The number of hydrogen-bond donors (Lipinski definition) is 2. The van der Waals surface area contributed by atoms with Crippen molar-refractivity contribution < 1.29 is 0 Å². The molecule has 1 heterocycles. The fraction of sp³-hybridized carbons (Fsp3) is 0.583. The van der Waals surface area contributed by atoms with E-state index in [-0.39, 0.29) is 5.54 Å². The maximum absolute atomic E-state index is 6.07. The molecule has 2 N–H and O–H groups in total. The first-order valence-electron chi connectivity index (χ1n) is 5.56. The summed E-state index contributed by atoms with van der Waals surface area (Å²) in [7, 11) is 0. The van der Waals surface area contributed by atoms with Gasteiger partial charge in [-0.1, -0.05) is 18.5 Å². The molecule has 0 unspecified atom stereocenters. The van der Waals surface area contributed by atoms with Crippen molar-refractivity contribution in [2.75, 3.05) is 11.9 Å². The number of hydrogen-bond acceptors (Lipinski definition) is 3. The molecule has 0 spiro atoms. The van der Waals surface area contributed by atoms with Crippen LogP contribution in [-0.2, 0) is 6.54 Å². The fourth-order valence-electron chi connectivity index (χ4n) is 1.31. The summed E-state index contributed by atoms with van der Waals surface area (Å²) in [6.45, 7) is 9.99. The summed E-state index contributed by atoms with van der Waals surface area (Å²) in [5, 5.41) is 7.26. The molecule has 0 radical (unpaired) electrons. The Labute approximate surface area is 103 Å². The molecular weight excluding hydrogens is 222 g/mol. The third-order valence-electron chi connectivity index (χ3n) is 1.96. The number of halogens is 1. The van der Waals surface area contributed by atoms with Crippen LogP contribution in [0.1, 0.15) is 33.4 Å². The lowest BCUT2D eigenvalue weighted by molar-refractivity contribution is 0.628. The first kappa shape index (κ1) is 13.3. The van der Waals surface area contributed by atoms with Gasteiger partial charge >= 0.3 is 0 Å². The van der Waals surface area contributed by atoms with Gasteiger partial charge in [0.05, 0.1) is 10.7 Å². The van der Waals surface area contributed by atoms with Gasteiger partial charge in [0.25, 0.3) is 0 Å². The lowest BCUT2D eigenvalue weighted by Gasteiger charge is -2.21. The minimum absolute atomic E-state index is 0.0102. The lowest BCUT2D eigenvalue weighted by Crippen LogP contribution is -2.27. The van der Waals surface area contributed by atoms with Crippen LogP contribution in [0.2, 0.25) is 5.02 Å². The Morgan fingerprint density at radius 1 is 1.31 bits per heavy atom. The van der Waals surface area contributed by atoms with Crippen molar-refractivity contribution in [3.8, 4) is 0 Å². The van der Waals surface area contributed by atoms with Crippen molar-refractivity contribution in [1.29, 1.82) is 0 Å². The first-order valence-corrected chi connectivity index (χ1v) is 5.94. The molecule has 0 aliphatic rings. The predicted octanol–water partition coefficient (Wildman–Crippen LogP) is 3.05. The van der Waals surface area contributed by atoms with Crippen molar-refractivity contribution in [2.24, 2.45) is 0 Å². The maximum Gasteiger partial charge on any atom is 0.126 e. The van der Waals surface area contributed by atoms with Crippen LogP contribution in [0.4, 0.5) is 5.82 Å². The van der Waals surface area contributed by atoms with Gasteiger partial charge in [-0.2, -0.15) is 0 Å². The zero-order chi connectivity index (χ0) is 12.2. The second kappa shape index (κ2) is 5.51. The zero-order valence-electron chi connectivity index (χ0n) is 10.4. The highest BCUT2D eigenvalue weighted by molar-refractivity contribution is 6.31. The molecule has 0 aromatic carbocycles. The van der Waals surface area contributed by atoms with E-state index < -0.39 is 0 Å². The summed E-state index contributed by atoms with van der Waals surface area (Å²) in [6.07, 6.45) is 0. The van der Waals surface area contributed by atoms with Crippen molar-refractivity contribution in [3.63, 3.8) is 0 Å². The normalized spacial score (nSPS) is 11.6. The van der Waals surface area contributed by atoms with Crippen molar-refractivity contribution in [3.05, 3.63) is 22.8 Å². The van der Waals surface area contributed by atoms with Gasteiger partial charge < -0.3 is 10.6 Å². The van der Waals surface area contributed by atoms with E-state index in [1.807, 2.05) is 12.1 Å². The number of aromatic nitrogens is 1. The van der Waals surface area contributed by atoms with E-state index in [4.69, 9.17) is 11.6 Å². The van der Waals surface area contributed by atoms with E-state index in [1.54, 1.807) is 0 Å². The van der Waals surface area contributed by atoms with Crippen LogP contribution in [0.5, 0.6) is 0 Å². The number of nitrogens with one attached hydrogen (secondary N) is 2. The van der Waals surface area contributed by atoms with Gasteiger partial charge in [0.15, 0.2) is 0 Å². The average Bonchev–Trinajstić information content (AvgIpc) is 2.17. The molecule has 16 heavy (non-hydrogen) atoms. The van der Waals surface area contributed by atoms with E-state index in [1.165, 1.54) is 0 Å². The number of pyridine rings is 1. The van der Waals surface area contributed by atoms with E-state index in [2.05, 4.69) is 43.3 Å². The molecule has 0 amide bonds. The Hall–Kier alpha value is -0.800. The summed E-state index contributed by atoms with van der Waals surface area (Å²) in [4.78, 5) is 4.49. The van der Waals surface area contributed by atoms with Crippen LogP contribution in [0.15, 0.2) is 12.1 Å². The third-order valence-corrected chi connectivity index (χ3v) is 2.31. The molecule has 0 saturated carbocycles. The van der Waals surface area contributed by atoms with E-state index in [0.717, 1.165) is 18.1 Å². The van der Waals surface area contributed by atoms with Crippen LogP contribution in [-0.4, -0.2) is 17.1 Å². The highest BCUT2D eigenvalue weighted by atomic mass is 35.5. The second-order valence-corrected chi connectivity index (χ2v) is 5.19. The summed E-state index contributed by atoms with van der Waals surface area (Å²) >= 11 is 6.07. The molecule has 0 bridgehead atoms. The fourth-order valence-corrected chi connectivity index (χ4v) is 1.48. The molecule has 1 aromatic rings. The zero-order valence-corrected chi connectivity index (χ0v) is 11.2. The van der Waals surface area contributed by atoms with Gasteiger partial charge in [-0.3, -0.25) is 0 Å². The Balaban J connectivity index is 2.81. The summed E-state index contributed by atoms with van der Waals surface area (Å²) < 4.78 is 0. The Morgan fingerprint density at radius 2 is 2.00 bits per heavy atom. The Morgan fingerprint density at radius 3 is 2.56 bits per heavy atom. The van der Waals surface area contributed by atoms with Crippen molar-refractivity contribution in [2.45, 2.75) is 39.8 Å². The quantitative estimate of drug-likeness (QED) is 0.851. The molecule has 0 atom stereocenters. The molecule has 1 rings (SSSR count). The molecule has 0 aliphatic carbocycles. The van der Waals surface area contributed by atoms with Gasteiger partial charge in [-0.05, 0) is 39.4 Å². The Kier molecular flexibility index (Phi) is 4.56. The molecule has 90 valence electrons. The van der Waals surface area contributed by atoms with Gasteiger partial charge in [-0.15, -0.1) is 0 Å². The smallest absolute Gasteiger partial charge is 0.126 e. The van der Waals surface area contributed by atoms with Gasteiger partial charge in [0, 0.05) is 12.1 Å². The molecule has 0 aliphatic heterocycles. The molecule has 0 saturated heterocycles. The topological polar surface area (TPSA) is 37.0 Å². The highest BCUT2D eigenvalue weighted by Crippen LogP contribution is 2.18. The van der Waals surface area contributed by atoms with E-state index in [9.17, 15) is 0 Å².